The van der Waals surface area contributed by atoms with Gasteiger partial charge in [-0.2, -0.15) is 0 Å². The second-order valence-corrected chi connectivity index (χ2v) is 2.58. The van der Waals surface area contributed by atoms with Crippen molar-refractivity contribution in [3.8, 4) is 0 Å². The van der Waals surface area contributed by atoms with Crippen molar-refractivity contribution in [1.29, 1.82) is 0 Å². The molecular formula is C6H13N3O4. The molecule has 0 saturated heterocycles. The van der Waals surface area contributed by atoms with E-state index in [1.54, 1.807) is 0 Å². The molecule has 0 aliphatic heterocycles. The summed E-state index contributed by atoms with van der Waals surface area (Å²) in [4.78, 5) is 20.4. The Kier molecular flexibility index (Phi) is 4.78. The highest BCUT2D eigenvalue weighted by atomic mass is 16.4. The molecule has 0 radical (unpaired) electrons. The summed E-state index contributed by atoms with van der Waals surface area (Å²) in [5, 5.41) is 19.6. The number of primary amides is 1. The minimum Gasteiger partial charge on any atom is -0.480 e. The van der Waals surface area contributed by atoms with E-state index < -0.39 is 24.1 Å². The van der Waals surface area contributed by atoms with Crippen molar-refractivity contribution in [3.63, 3.8) is 0 Å². The smallest absolute Gasteiger partial charge is 0.320 e. The molecular weight excluding hydrogens is 178 g/mol. The third-order valence-corrected chi connectivity index (χ3v) is 1.36. The van der Waals surface area contributed by atoms with Gasteiger partial charge in [-0.25, -0.2) is 4.79 Å². The van der Waals surface area contributed by atoms with Crippen LogP contribution in [0, 0.1) is 0 Å². The molecule has 0 aliphatic rings. The maximum absolute atomic E-state index is 10.2. The maximum atomic E-state index is 10.2. The summed E-state index contributed by atoms with van der Waals surface area (Å²) in [6, 6.07) is -1.91. The highest BCUT2D eigenvalue weighted by Crippen LogP contribution is 1.94. The largest absolute Gasteiger partial charge is 0.480 e. The van der Waals surface area contributed by atoms with Crippen molar-refractivity contribution >= 4 is 12.0 Å². The van der Waals surface area contributed by atoms with Gasteiger partial charge in [-0.05, 0) is 0 Å². The van der Waals surface area contributed by atoms with Crippen LogP contribution < -0.4 is 16.8 Å². The first-order valence-corrected chi connectivity index (χ1v) is 3.63. The molecule has 2 amide bonds. The number of amides is 2. The zero-order valence-electron chi connectivity index (χ0n) is 6.93. The Balaban J connectivity index is 3.67. The SMILES string of the molecule is NC(=O)NCC(O)CC(N)C(=O)O. The summed E-state index contributed by atoms with van der Waals surface area (Å²) >= 11 is 0. The molecule has 7 heteroatoms. The average molecular weight is 191 g/mol. The van der Waals surface area contributed by atoms with Gasteiger partial charge >= 0.3 is 12.0 Å². The minimum absolute atomic E-state index is 0.101. The summed E-state index contributed by atoms with van der Waals surface area (Å²) in [5.74, 6) is -1.20. The molecule has 0 aliphatic carbocycles. The standard InChI is InChI=1S/C6H13N3O4/c7-4(5(11)12)1-3(10)2-9-6(8)13/h3-4,10H,1-2,7H2,(H,11,12)(H3,8,9,13). The molecule has 0 heterocycles. The number of aliphatic hydroxyl groups is 1. The molecule has 7 N–H and O–H groups in total. The first kappa shape index (κ1) is 11.7. The van der Waals surface area contributed by atoms with Gasteiger partial charge in [-0.1, -0.05) is 0 Å². The zero-order valence-corrected chi connectivity index (χ0v) is 6.93. The van der Waals surface area contributed by atoms with Crippen LogP contribution in [-0.4, -0.2) is 40.9 Å². The number of carbonyl (C=O) groups excluding carboxylic acids is 1. The first-order chi connectivity index (χ1) is 5.93. The number of hydrogen-bond acceptors (Lipinski definition) is 4. The molecule has 0 aromatic rings. The van der Waals surface area contributed by atoms with E-state index in [1.807, 2.05) is 0 Å². The van der Waals surface area contributed by atoms with E-state index >= 15 is 0 Å². The van der Waals surface area contributed by atoms with Crippen molar-refractivity contribution in [3.05, 3.63) is 0 Å². The van der Waals surface area contributed by atoms with Gasteiger partial charge in [-0.3, -0.25) is 4.79 Å². The Morgan fingerprint density at radius 3 is 2.38 bits per heavy atom. The summed E-state index contributed by atoms with van der Waals surface area (Å²) in [6.07, 6.45) is -1.13. The van der Waals surface area contributed by atoms with E-state index in [2.05, 4.69) is 5.32 Å². The van der Waals surface area contributed by atoms with Gasteiger partial charge in [0, 0.05) is 13.0 Å². The van der Waals surface area contributed by atoms with Crippen LogP contribution in [0.1, 0.15) is 6.42 Å². The summed E-state index contributed by atoms with van der Waals surface area (Å²) < 4.78 is 0. The van der Waals surface area contributed by atoms with E-state index in [0.29, 0.717) is 0 Å². The van der Waals surface area contributed by atoms with Gasteiger partial charge in [0.1, 0.15) is 6.04 Å². The lowest BCUT2D eigenvalue weighted by Gasteiger charge is -2.12. The van der Waals surface area contributed by atoms with E-state index in [-0.39, 0.29) is 13.0 Å². The molecule has 2 unspecified atom stereocenters. The zero-order chi connectivity index (χ0) is 10.4. The molecule has 0 bridgehead atoms. The summed E-state index contributed by atoms with van der Waals surface area (Å²) in [7, 11) is 0. The fraction of sp³-hybridized carbons (Fsp3) is 0.667. The molecule has 76 valence electrons. The predicted octanol–water partition coefficient (Wildman–Crippen LogP) is -2.18. The number of aliphatic carboxylic acids is 1. The molecule has 0 fully saturated rings. The Morgan fingerprint density at radius 1 is 1.46 bits per heavy atom. The molecule has 0 rings (SSSR count). The fourth-order valence-corrected chi connectivity index (χ4v) is 0.696. The maximum Gasteiger partial charge on any atom is 0.320 e. The van der Waals surface area contributed by atoms with Crippen LogP contribution >= 0.6 is 0 Å². The van der Waals surface area contributed by atoms with Crippen LogP contribution in [0.15, 0.2) is 0 Å². The number of hydrogen-bond donors (Lipinski definition) is 5. The summed E-state index contributed by atoms with van der Waals surface area (Å²) in [5.41, 5.74) is 9.84. The van der Waals surface area contributed by atoms with Crippen LogP contribution in [0.3, 0.4) is 0 Å². The number of nitrogens with two attached hydrogens (primary N) is 2. The topological polar surface area (TPSA) is 139 Å². The van der Waals surface area contributed by atoms with Crippen LogP contribution in [0.4, 0.5) is 4.79 Å². The minimum atomic E-state index is -1.20. The quantitative estimate of drug-likeness (QED) is 0.336. The molecule has 7 nitrogen and oxygen atoms in total. The number of carbonyl (C=O) groups is 2. The van der Waals surface area contributed by atoms with E-state index in [9.17, 15) is 9.59 Å². The van der Waals surface area contributed by atoms with Crippen molar-refractivity contribution in [2.75, 3.05) is 6.54 Å². The van der Waals surface area contributed by atoms with Gasteiger partial charge in [0.15, 0.2) is 0 Å². The molecule has 0 aromatic heterocycles. The second kappa shape index (κ2) is 5.33. The van der Waals surface area contributed by atoms with Crippen molar-refractivity contribution in [1.82, 2.24) is 5.32 Å². The van der Waals surface area contributed by atoms with E-state index in [4.69, 9.17) is 21.7 Å². The normalized spacial score (nSPS) is 14.6. The highest BCUT2D eigenvalue weighted by Gasteiger charge is 2.16. The van der Waals surface area contributed by atoms with Crippen molar-refractivity contribution < 1.29 is 19.8 Å². The van der Waals surface area contributed by atoms with Crippen LogP contribution in [0.2, 0.25) is 0 Å². The lowest BCUT2D eigenvalue weighted by Crippen LogP contribution is -2.40. The number of rotatable bonds is 5. The monoisotopic (exact) mass is 191 g/mol. The number of carboxylic acids is 1. The lowest BCUT2D eigenvalue weighted by molar-refractivity contribution is -0.139. The van der Waals surface area contributed by atoms with Crippen LogP contribution in [0.25, 0.3) is 0 Å². The Labute approximate surface area is 74.7 Å². The van der Waals surface area contributed by atoms with E-state index in [0.717, 1.165) is 0 Å². The number of nitrogens with one attached hydrogen (secondary N) is 1. The Hall–Kier alpha value is -1.34. The summed E-state index contributed by atoms with van der Waals surface area (Å²) in [6.45, 7) is -0.101. The third kappa shape index (κ3) is 5.88. The van der Waals surface area contributed by atoms with E-state index in [1.165, 1.54) is 0 Å². The van der Waals surface area contributed by atoms with Gasteiger partial charge in [0.25, 0.3) is 0 Å². The Morgan fingerprint density at radius 2 is 2.00 bits per heavy atom. The molecule has 0 aromatic carbocycles. The molecule has 0 spiro atoms. The van der Waals surface area contributed by atoms with Gasteiger partial charge in [0.2, 0.25) is 0 Å². The lowest BCUT2D eigenvalue weighted by atomic mass is 10.1. The Bertz CT molecular complexity index is 196. The second-order valence-electron chi connectivity index (χ2n) is 2.58. The van der Waals surface area contributed by atoms with Gasteiger partial charge < -0.3 is 27.0 Å². The van der Waals surface area contributed by atoms with Gasteiger partial charge in [-0.15, -0.1) is 0 Å². The van der Waals surface area contributed by atoms with Crippen molar-refractivity contribution in [2.24, 2.45) is 11.5 Å². The third-order valence-electron chi connectivity index (χ3n) is 1.36. The average Bonchev–Trinajstić information content (AvgIpc) is 2.00. The highest BCUT2D eigenvalue weighted by molar-refractivity contribution is 5.73. The number of urea groups is 1. The first-order valence-electron chi connectivity index (χ1n) is 3.63. The molecule has 0 saturated carbocycles. The molecule has 13 heavy (non-hydrogen) atoms. The fourth-order valence-electron chi connectivity index (χ4n) is 0.696. The van der Waals surface area contributed by atoms with Gasteiger partial charge in [0.05, 0.1) is 6.10 Å². The molecule has 2 atom stereocenters. The predicted molar refractivity (Wildman–Crippen MR) is 43.8 cm³/mol. The number of aliphatic hydroxyl groups excluding tert-OH is 1. The van der Waals surface area contributed by atoms with Crippen LogP contribution in [0.5, 0.6) is 0 Å². The number of carboxylic acid groups (broad SMARTS) is 1. The van der Waals surface area contributed by atoms with Crippen molar-refractivity contribution in [2.45, 2.75) is 18.6 Å². The van der Waals surface area contributed by atoms with Crippen LogP contribution in [-0.2, 0) is 4.79 Å².